The van der Waals surface area contributed by atoms with E-state index in [-0.39, 0.29) is 63.2 Å². The van der Waals surface area contributed by atoms with Crippen molar-refractivity contribution >= 4 is 23.9 Å². The number of aliphatic carboxylic acids is 1. The number of nitrogens with zero attached hydrogens (tertiary/aromatic N) is 1. The number of carboxylic acid groups (broad SMARTS) is 1. The van der Waals surface area contributed by atoms with E-state index in [2.05, 4.69) is 22.5 Å². The Labute approximate surface area is 450 Å². The van der Waals surface area contributed by atoms with E-state index in [4.69, 9.17) is 19.9 Å². The number of unbranched alkanes of at least 4 members (excludes halogenated alkanes) is 2. The van der Waals surface area contributed by atoms with Crippen molar-refractivity contribution in [1.29, 1.82) is 0 Å². The molecule has 0 radical (unpaired) electrons. The largest absolute Gasteiger partial charge is 0.481 e. The Hall–Kier alpha value is -4.06. The number of esters is 2. The number of aliphatic hydroxyl groups excluding tert-OH is 9. The van der Waals surface area contributed by atoms with Crippen molar-refractivity contribution in [3.05, 3.63) is 59.8 Å². The molecule has 2 bridgehead atoms. The smallest absolute Gasteiger partial charge is 0.334 e. The summed E-state index contributed by atoms with van der Waals surface area (Å²) in [6.45, 7) is 13.0. The second kappa shape index (κ2) is 34.7. The topological polar surface area (TPSA) is 352 Å². The molecule has 0 aromatic carbocycles. The number of nitrogens with one attached hydrogen (secondary N) is 1. The van der Waals surface area contributed by atoms with Gasteiger partial charge in [0.15, 0.2) is 11.7 Å². The van der Waals surface area contributed by atoms with Crippen LogP contribution in [0, 0.1) is 29.6 Å². The van der Waals surface area contributed by atoms with Crippen LogP contribution in [0.5, 0.6) is 0 Å². The van der Waals surface area contributed by atoms with Crippen LogP contribution in [-0.4, -0.2) is 173 Å². The number of aliphatic hydroxyl groups is 10. The predicted octanol–water partition coefficient (Wildman–Crippen LogP) is 3.37. The van der Waals surface area contributed by atoms with Crippen LogP contribution in [0.1, 0.15) is 145 Å². The quantitative estimate of drug-likeness (QED) is 0.0333. The number of aliphatic imine (C=N–C) groups is 1. The van der Waals surface area contributed by atoms with Crippen molar-refractivity contribution in [2.24, 2.45) is 40.3 Å². The summed E-state index contributed by atoms with van der Waals surface area (Å²) >= 11 is 0. The summed E-state index contributed by atoms with van der Waals surface area (Å²) in [6, 6.07) is 0. The normalized spacial score (nSPS) is 35.8. The maximum Gasteiger partial charge on any atom is 0.334 e. The fraction of sp³-hybridized carbons (Fsp3) is 0.750. The Balaban J connectivity index is 2.43. The van der Waals surface area contributed by atoms with E-state index in [1.54, 1.807) is 72.0 Å². The second-order valence-electron chi connectivity index (χ2n) is 21.6. The molecule has 0 aromatic rings. The summed E-state index contributed by atoms with van der Waals surface area (Å²) < 4.78 is 17.5. The van der Waals surface area contributed by atoms with Gasteiger partial charge in [0.2, 0.25) is 0 Å². The van der Waals surface area contributed by atoms with Crippen LogP contribution < -0.4 is 11.1 Å². The number of carboxylic acids is 1. The third-order valence-electron chi connectivity index (χ3n) is 14.8. The number of hydrogen-bond acceptors (Lipinski definition) is 17. The summed E-state index contributed by atoms with van der Waals surface area (Å²) in [6.07, 6.45) is 1.04. The van der Waals surface area contributed by atoms with Gasteiger partial charge in [-0.15, -0.1) is 0 Å². The standard InChI is InChI=1S/C56H95N3O17/c1-33-18-15-20-37(5)52(36(4)17-13-11-9-10-12-14-24-59-55(57)58-8)75-54(72)38(6)21-16-19-34(2)46(64)30-47(65)39(7)44(62)23-22-35(3)49(67)32-56(73)53(71)48(66)29-43(76-56)28-42(74-51(70)31-50(68)69)26-40(60)25-41(61)27-45(33)63/h9-10,15-16,18-21,34-37,39-49,52-53,60-67,71,73H,11-14,17,22-32H2,1-8H3,(H,68,69)(H3,57,58,59). The fourth-order valence-electron chi connectivity index (χ4n) is 9.44. The molecule has 0 spiro atoms. The van der Waals surface area contributed by atoms with Crippen LogP contribution in [0.3, 0.4) is 0 Å². The molecule has 14 N–H and O–H groups in total. The molecule has 0 aliphatic carbocycles. The molecule has 0 amide bonds. The van der Waals surface area contributed by atoms with Crippen molar-refractivity contribution in [3.8, 4) is 0 Å². The van der Waals surface area contributed by atoms with Crippen LogP contribution in [-0.2, 0) is 28.6 Å². The maximum absolute atomic E-state index is 13.6. The van der Waals surface area contributed by atoms with Gasteiger partial charge in [0.1, 0.15) is 24.7 Å². The number of allylic oxidation sites excluding steroid dienone is 6. The highest BCUT2D eigenvalue weighted by atomic mass is 16.7. The minimum Gasteiger partial charge on any atom is -0.481 e. The van der Waals surface area contributed by atoms with Crippen LogP contribution in [0.15, 0.2) is 64.7 Å². The van der Waals surface area contributed by atoms with Gasteiger partial charge in [0.05, 0.1) is 54.9 Å². The zero-order valence-corrected chi connectivity index (χ0v) is 46.1. The molecular weight excluding hydrogens is 987 g/mol. The first-order valence-corrected chi connectivity index (χ1v) is 27.1. The maximum atomic E-state index is 13.6. The first kappa shape index (κ1) is 68.0. The van der Waals surface area contributed by atoms with Crippen LogP contribution in [0.4, 0.5) is 0 Å². The molecule has 2 aliphatic rings. The van der Waals surface area contributed by atoms with Crippen LogP contribution in [0.25, 0.3) is 0 Å². The molecule has 2 heterocycles. The van der Waals surface area contributed by atoms with Gasteiger partial charge in [-0.25, -0.2) is 4.79 Å². The zero-order chi connectivity index (χ0) is 57.3. The number of cyclic esters (lactones) is 1. The Bertz CT molecular complexity index is 1930. The molecule has 20 heteroatoms. The molecular formula is C56H95N3O17. The molecule has 1 saturated heterocycles. The number of carbonyl (C=O) groups excluding carboxylic acids is 2. The van der Waals surface area contributed by atoms with Gasteiger partial charge in [0, 0.05) is 75.4 Å². The Morgan fingerprint density at radius 1 is 0.816 bits per heavy atom. The molecule has 0 aromatic heterocycles. The lowest BCUT2D eigenvalue weighted by Crippen LogP contribution is -2.60. The fourth-order valence-corrected chi connectivity index (χ4v) is 9.44. The average Bonchev–Trinajstić information content (AvgIpc) is 3.34. The van der Waals surface area contributed by atoms with Crippen molar-refractivity contribution in [3.63, 3.8) is 0 Å². The summed E-state index contributed by atoms with van der Waals surface area (Å²) in [5, 5.41) is 123. The number of ether oxygens (including phenoxy) is 3. The molecule has 1 fully saturated rings. The number of guanidine groups is 1. The van der Waals surface area contributed by atoms with Gasteiger partial charge < -0.3 is 81.4 Å². The molecule has 436 valence electrons. The van der Waals surface area contributed by atoms with Gasteiger partial charge >= 0.3 is 17.9 Å². The van der Waals surface area contributed by atoms with E-state index in [1.807, 2.05) is 19.9 Å². The van der Waals surface area contributed by atoms with E-state index in [0.717, 1.165) is 32.1 Å². The number of rotatable bonds is 12. The minimum atomic E-state index is -2.52. The first-order chi connectivity index (χ1) is 35.7. The highest BCUT2D eigenvalue weighted by molar-refractivity contribution is 5.90. The first-order valence-electron chi connectivity index (χ1n) is 27.1. The molecule has 2 rings (SSSR count). The lowest BCUT2D eigenvalue weighted by Gasteiger charge is -2.45. The van der Waals surface area contributed by atoms with Gasteiger partial charge in [-0.05, 0) is 82.6 Å². The molecule has 18 atom stereocenters. The number of carbonyl (C=O) groups is 3. The monoisotopic (exact) mass is 1080 g/mol. The lowest BCUT2D eigenvalue weighted by molar-refractivity contribution is -0.333. The molecule has 76 heavy (non-hydrogen) atoms. The Kier molecular flexibility index (Phi) is 31.1. The highest BCUT2D eigenvalue weighted by Gasteiger charge is 2.50. The van der Waals surface area contributed by atoms with Gasteiger partial charge in [-0.3, -0.25) is 14.6 Å². The van der Waals surface area contributed by atoms with Gasteiger partial charge in [0.25, 0.3) is 0 Å². The average molecular weight is 1080 g/mol. The Morgan fingerprint density at radius 3 is 2.11 bits per heavy atom. The van der Waals surface area contributed by atoms with Crippen molar-refractivity contribution in [1.82, 2.24) is 5.32 Å². The number of fused-ring (bicyclic) bond motifs is 2. The summed E-state index contributed by atoms with van der Waals surface area (Å²) in [5.41, 5.74) is 6.49. The number of hydrogen-bond donors (Lipinski definition) is 13. The summed E-state index contributed by atoms with van der Waals surface area (Å²) in [7, 11) is 1.62. The van der Waals surface area contributed by atoms with Gasteiger partial charge in [-0.1, -0.05) is 83.2 Å². The van der Waals surface area contributed by atoms with Crippen LogP contribution in [0.2, 0.25) is 0 Å². The number of nitrogens with two attached hydrogens (primary N) is 1. The highest BCUT2D eigenvalue weighted by Crippen LogP contribution is 2.36. The van der Waals surface area contributed by atoms with Crippen molar-refractivity contribution in [2.45, 2.75) is 224 Å². The van der Waals surface area contributed by atoms with E-state index >= 15 is 0 Å². The van der Waals surface area contributed by atoms with E-state index in [1.165, 1.54) is 0 Å². The Morgan fingerprint density at radius 2 is 1.45 bits per heavy atom. The SMILES string of the molecule is CN=C(N)NCCCC=CCCCC(C)C1OC(=O)C(C)=CC=CC(C)C(O)CC(O)C(C)C(O)CCC(C)C(O)CC2(O)OC(CC(OC(=O)CC(=O)O)CC(O)CC(O)CC(O)C(C)=CC=CC1C)CC(O)C2O. The minimum absolute atomic E-state index is 0.0643. The third kappa shape index (κ3) is 25.2. The van der Waals surface area contributed by atoms with E-state index < -0.39 is 128 Å². The second-order valence-corrected chi connectivity index (χ2v) is 21.6. The molecule has 2 aliphatic heterocycles. The predicted molar refractivity (Wildman–Crippen MR) is 287 cm³/mol. The lowest BCUT2D eigenvalue weighted by atomic mass is 9.84. The molecule has 18 unspecified atom stereocenters. The van der Waals surface area contributed by atoms with E-state index in [0.29, 0.717) is 23.7 Å². The molecule has 0 saturated carbocycles. The van der Waals surface area contributed by atoms with Crippen molar-refractivity contribution < 1.29 is 84.8 Å². The summed E-state index contributed by atoms with van der Waals surface area (Å²) in [5.74, 6) is -7.41. The van der Waals surface area contributed by atoms with E-state index in [9.17, 15) is 70.6 Å². The summed E-state index contributed by atoms with van der Waals surface area (Å²) in [4.78, 5) is 41.4. The zero-order valence-electron chi connectivity index (χ0n) is 46.1. The van der Waals surface area contributed by atoms with Crippen LogP contribution >= 0.6 is 0 Å². The van der Waals surface area contributed by atoms with Gasteiger partial charge in [-0.2, -0.15) is 0 Å². The third-order valence-corrected chi connectivity index (χ3v) is 14.8. The molecule has 20 nitrogen and oxygen atoms in total. The van der Waals surface area contributed by atoms with Crippen molar-refractivity contribution in [2.75, 3.05) is 13.6 Å².